The lowest BCUT2D eigenvalue weighted by molar-refractivity contribution is -0.139. The minimum absolute atomic E-state index is 0.268. The van der Waals surface area contributed by atoms with E-state index in [2.05, 4.69) is 15.5 Å². The Morgan fingerprint density at radius 3 is 2.68 bits per heavy atom. The van der Waals surface area contributed by atoms with Gasteiger partial charge in [-0.2, -0.15) is 11.8 Å². The van der Waals surface area contributed by atoms with E-state index >= 15 is 0 Å². The van der Waals surface area contributed by atoms with Crippen LogP contribution >= 0.6 is 11.8 Å². The second-order valence-electron chi connectivity index (χ2n) is 6.50. The van der Waals surface area contributed by atoms with Gasteiger partial charge < -0.3 is 20.1 Å². The fourth-order valence-electron chi connectivity index (χ4n) is 3.41. The van der Waals surface area contributed by atoms with Crippen LogP contribution in [0.1, 0.15) is 25.5 Å². The smallest absolute Gasteiger partial charge is 0.338 e. The lowest BCUT2D eigenvalue weighted by atomic mass is 9.94. The summed E-state index contributed by atoms with van der Waals surface area (Å²) < 4.78 is 11.1. The molecule has 1 aromatic rings. The van der Waals surface area contributed by atoms with Crippen LogP contribution < -0.4 is 15.4 Å². The molecule has 3 rings (SSSR count). The van der Waals surface area contributed by atoms with E-state index in [9.17, 15) is 9.59 Å². The van der Waals surface area contributed by atoms with E-state index < -0.39 is 12.0 Å². The lowest BCUT2D eigenvalue weighted by Gasteiger charge is -2.33. The molecule has 2 aliphatic rings. The quantitative estimate of drug-likeness (QED) is 0.678. The van der Waals surface area contributed by atoms with Gasteiger partial charge in [0.15, 0.2) is 0 Å². The predicted octanol–water partition coefficient (Wildman–Crippen LogP) is 2.31. The number of hydrogen-bond donors (Lipinski definition) is 2. The number of rotatable bonds is 7. The Kier molecular flexibility index (Phi) is 7.22. The minimum Gasteiger partial charge on any atom is -0.494 e. The maximum absolute atomic E-state index is 12.9. The van der Waals surface area contributed by atoms with Gasteiger partial charge in [-0.1, -0.05) is 18.2 Å². The monoisotopic (exact) mass is 405 g/mol. The number of nitrogens with zero attached hydrogens (tertiary/aromatic N) is 1. The molecule has 2 amide bonds. The molecule has 2 heterocycles. The number of thioether (sulfide) groups is 1. The summed E-state index contributed by atoms with van der Waals surface area (Å²) >= 11 is 1.92. The van der Waals surface area contributed by atoms with Gasteiger partial charge in [0.05, 0.1) is 24.8 Å². The molecule has 0 aliphatic carbocycles. The zero-order valence-corrected chi connectivity index (χ0v) is 17.1. The molecule has 1 saturated heterocycles. The molecule has 7 nitrogen and oxygen atoms in total. The van der Waals surface area contributed by atoms with E-state index in [0.717, 1.165) is 30.2 Å². The number of nitrogens with one attached hydrogen (secondary N) is 2. The fraction of sp³-hybridized carbons (Fsp3) is 0.500. The second-order valence-corrected chi connectivity index (χ2v) is 7.73. The van der Waals surface area contributed by atoms with E-state index in [4.69, 9.17) is 9.47 Å². The van der Waals surface area contributed by atoms with Crippen molar-refractivity contribution in [2.75, 3.05) is 44.4 Å². The Balaban J connectivity index is 2.01. The molecule has 1 fully saturated rings. The standard InChI is InChI=1S/C20H27N3O4S/c1-3-26-16-8-6-5-7-14(16)18-17(19(24)27-4-2)15(21-20(25)22-18)13-23-9-11-28-12-10-23/h5-8,18H,3-4,9-13H2,1-2H3,(H2,21,22,25). The van der Waals surface area contributed by atoms with Gasteiger partial charge in [-0.15, -0.1) is 0 Å². The Labute approximate surface area is 169 Å². The predicted molar refractivity (Wildman–Crippen MR) is 109 cm³/mol. The average molecular weight is 406 g/mol. The molecule has 2 N–H and O–H groups in total. The summed E-state index contributed by atoms with van der Waals surface area (Å²) in [5.41, 5.74) is 1.78. The summed E-state index contributed by atoms with van der Waals surface area (Å²) in [7, 11) is 0. The van der Waals surface area contributed by atoms with Crippen molar-refractivity contribution < 1.29 is 19.1 Å². The van der Waals surface area contributed by atoms with Crippen molar-refractivity contribution in [3.63, 3.8) is 0 Å². The maximum atomic E-state index is 12.9. The molecule has 0 spiro atoms. The summed E-state index contributed by atoms with van der Waals surface area (Å²) in [5.74, 6) is 2.32. The van der Waals surface area contributed by atoms with Crippen LogP contribution in [0.2, 0.25) is 0 Å². The van der Waals surface area contributed by atoms with Crippen molar-refractivity contribution in [2.45, 2.75) is 19.9 Å². The van der Waals surface area contributed by atoms with Gasteiger partial charge in [0.2, 0.25) is 0 Å². The SMILES string of the molecule is CCOC(=O)C1=C(CN2CCSCC2)NC(=O)NC1c1ccccc1OCC. The van der Waals surface area contributed by atoms with Crippen LogP contribution in [0.4, 0.5) is 4.79 Å². The summed E-state index contributed by atoms with van der Waals surface area (Å²) in [6, 6.07) is 6.51. The summed E-state index contributed by atoms with van der Waals surface area (Å²) in [6.45, 7) is 6.80. The third-order valence-corrected chi connectivity index (χ3v) is 5.61. The molecule has 8 heteroatoms. The van der Waals surface area contributed by atoms with Crippen molar-refractivity contribution >= 4 is 23.8 Å². The Morgan fingerprint density at radius 2 is 1.96 bits per heavy atom. The largest absolute Gasteiger partial charge is 0.494 e. The van der Waals surface area contributed by atoms with Crippen LogP contribution in [-0.4, -0.2) is 61.3 Å². The molecule has 0 saturated carbocycles. The number of urea groups is 1. The van der Waals surface area contributed by atoms with E-state index in [0.29, 0.717) is 30.2 Å². The van der Waals surface area contributed by atoms with E-state index in [1.807, 2.05) is 43.0 Å². The molecule has 152 valence electrons. The van der Waals surface area contributed by atoms with Gasteiger partial charge in [0.1, 0.15) is 5.75 Å². The highest BCUT2D eigenvalue weighted by Crippen LogP contribution is 2.34. The topological polar surface area (TPSA) is 79.9 Å². The number of hydrogen-bond acceptors (Lipinski definition) is 6. The Hall–Kier alpha value is -2.19. The van der Waals surface area contributed by atoms with Gasteiger partial charge in [-0.3, -0.25) is 4.90 Å². The average Bonchev–Trinajstić information content (AvgIpc) is 2.69. The molecular weight excluding hydrogens is 378 g/mol. The minimum atomic E-state index is -0.621. The summed E-state index contributed by atoms with van der Waals surface area (Å²) in [5, 5.41) is 5.72. The van der Waals surface area contributed by atoms with E-state index in [1.165, 1.54) is 0 Å². The molecule has 1 aromatic carbocycles. The highest BCUT2D eigenvalue weighted by molar-refractivity contribution is 7.99. The number of para-hydroxylation sites is 1. The van der Waals surface area contributed by atoms with E-state index in [1.54, 1.807) is 6.92 Å². The molecule has 0 radical (unpaired) electrons. The maximum Gasteiger partial charge on any atom is 0.338 e. The molecule has 0 aromatic heterocycles. The van der Waals surface area contributed by atoms with Crippen molar-refractivity contribution in [3.8, 4) is 5.75 Å². The van der Waals surface area contributed by atoms with Gasteiger partial charge >= 0.3 is 12.0 Å². The third kappa shape index (κ3) is 4.80. The number of benzene rings is 1. The normalized spacial score (nSPS) is 20.4. The van der Waals surface area contributed by atoms with Crippen molar-refractivity contribution in [2.24, 2.45) is 0 Å². The zero-order valence-electron chi connectivity index (χ0n) is 16.3. The Morgan fingerprint density at radius 1 is 1.21 bits per heavy atom. The van der Waals surface area contributed by atoms with Gasteiger partial charge in [0, 0.05) is 42.4 Å². The van der Waals surface area contributed by atoms with Gasteiger partial charge in [-0.25, -0.2) is 9.59 Å². The summed E-state index contributed by atoms with van der Waals surface area (Å²) in [6.07, 6.45) is 0. The van der Waals surface area contributed by atoms with E-state index in [-0.39, 0.29) is 12.6 Å². The van der Waals surface area contributed by atoms with Crippen molar-refractivity contribution in [1.82, 2.24) is 15.5 Å². The number of ether oxygens (including phenoxy) is 2. The number of carbonyl (C=O) groups excluding carboxylic acids is 2. The van der Waals surface area contributed by atoms with Gasteiger partial charge in [-0.05, 0) is 19.9 Å². The first kappa shape index (κ1) is 20.5. The number of amides is 2. The highest BCUT2D eigenvalue weighted by atomic mass is 32.2. The highest BCUT2D eigenvalue weighted by Gasteiger charge is 2.35. The third-order valence-electron chi connectivity index (χ3n) is 4.66. The van der Waals surface area contributed by atoms with Crippen LogP contribution in [0.3, 0.4) is 0 Å². The zero-order chi connectivity index (χ0) is 19.9. The molecular formula is C20H27N3O4S. The van der Waals surface area contributed by atoms with Crippen LogP contribution in [-0.2, 0) is 9.53 Å². The molecule has 28 heavy (non-hydrogen) atoms. The molecule has 0 bridgehead atoms. The van der Waals surface area contributed by atoms with Crippen LogP contribution in [0, 0.1) is 0 Å². The first-order valence-electron chi connectivity index (χ1n) is 9.63. The molecule has 1 atom stereocenters. The lowest BCUT2D eigenvalue weighted by Crippen LogP contribution is -2.49. The first-order valence-corrected chi connectivity index (χ1v) is 10.8. The first-order chi connectivity index (χ1) is 13.6. The Bertz CT molecular complexity index is 747. The molecule has 2 aliphatic heterocycles. The van der Waals surface area contributed by atoms with Crippen LogP contribution in [0.15, 0.2) is 35.5 Å². The fourth-order valence-corrected chi connectivity index (χ4v) is 4.39. The van der Waals surface area contributed by atoms with Crippen molar-refractivity contribution in [1.29, 1.82) is 0 Å². The molecule has 1 unspecified atom stereocenters. The summed E-state index contributed by atoms with van der Waals surface area (Å²) in [4.78, 5) is 27.5. The van der Waals surface area contributed by atoms with Crippen molar-refractivity contribution in [3.05, 3.63) is 41.1 Å². The van der Waals surface area contributed by atoms with Crippen LogP contribution in [0.5, 0.6) is 5.75 Å². The van der Waals surface area contributed by atoms with Gasteiger partial charge in [0.25, 0.3) is 0 Å². The number of esters is 1. The second kappa shape index (κ2) is 9.84. The number of carbonyl (C=O) groups is 2. The van der Waals surface area contributed by atoms with Crippen LogP contribution in [0.25, 0.3) is 0 Å².